The molecule has 0 bridgehead atoms. The molecule has 1 unspecified atom stereocenters. The fourth-order valence-electron chi connectivity index (χ4n) is 1.90. The summed E-state index contributed by atoms with van der Waals surface area (Å²) in [5, 5.41) is 15.0. The zero-order valence-corrected chi connectivity index (χ0v) is 12.0. The maximum Gasteiger partial charge on any atom is 0.241 e. The predicted molar refractivity (Wildman–Crippen MR) is 83.7 cm³/mol. The highest BCUT2D eigenvalue weighted by Crippen LogP contribution is 2.07. The fraction of sp³-hybridized carbons (Fsp3) is 0.235. The molecule has 2 rings (SSSR count). The average Bonchev–Trinajstić information content (AvgIpc) is 2.54. The lowest BCUT2D eigenvalue weighted by atomic mass is 10.1. The van der Waals surface area contributed by atoms with Gasteiger partial charge in [0.15, 0.2) is 0 Å². The van der Waals surface area contributed by atoms with Crippen molar-refractivity contribution < 1.29 is 9.90 Å². The van der Waals surface area contributed by atoms with Gasteiger partial charge in [-0.15, -0.1) is 0 Å². The molecule has 2 aromatic carbocycles. The first-order valence-electron chi connectivity index (χ1n) is 6.97. The lowest BCUT2D eigenvalue weighted by Gasteiger charge is -2.14. The van der Waals surface area contributed by atoms with Gasteiger partial charge in [-0.05, 0) is 30.2 Å². The van der Waals surface area contributed by atoms with Gasteiger partial charge in [0.1, 0.15) is 0 Å². The van der Waals surface area contributed by atoms with E-state index in [2.05, 4.69) is 10.6 Å². The third kappa shape index (κ3) is 4.70. The molecule has 0 aliphatic heterocycles. The van der Waals surface area contributed by atoms with Gasteiger partial charge in [0.25, 0.3) is 0 Å². The molecule has 3 N–H and O–H groups in total. The highest BCUT2D eigenvalue weighted by Gasteiger charge is 2.11. The van der Waals surface area contributed by atoms with Gasteiger partial charge < -0.3 is 15.7 Å². The molecular formula is C17H20N2O2. The average molecular weight is 284 g/mol. The summed E-state index contributed by atoms with van der Waals surface area (Å²) >= 11 is 0. The van der Waals surface area contributed by atoms with E-state index in [0.29, 0.717) is 6.54 Å². The summed E-state index contributed by atoms with van der Waals surface area (Å²) in [4.78, 5) is 12.0. The molecule has 4 heteroatoms. The van der Waals surface area contributed by atoms with Crippen LogP contribution in [0.2, 0.25) is 0 Å². The molecule has 0 heterocycles. The molecule has 0 aromatic heterocycles. The van der Waals surface area contributed by atoms with E-state index in [9.17, 15) is 4.79 Å². The van der Waals surface area contributed by atoms with E-state index >= 15 is 0 Å². The number of nitrogens with one attached hydrogen (secondary N) is 2. The van der Waals surface area contributed by atoms with Crippen LogP contribution in [0, 0.1) is 0 Å². The van der Waals surface area contributed by atoms with Crippen LogP contribution in [0.15, 0.2) is 54.6 Å². The second kappa shape index (κ2) is 7.57. The molecular weight excluding hydrogens is 264 g/mol. The summed E-state index contributed by atoms with van der Waals surface area (Å²) in [5.74, 6) is -0.0619. The number of aliphatic hydroxyl groups is 1. The molecule has 110 valence electrons. The van der Waals surface area contributed by atoms with Gasteiger partial charge in [-0.2, -0.15) is 0 Å². The molecule has 4 nitrogen and oxygen atoms in total. The van der Waals surface area contributed by atoms with Crippen LogP contribution in [0.4, 0.5) is 5.69 Å². The van der Waals surface area contributed by atoms with Crippen molar-refractivity contribution in [2.45, 2.75) is 26.1 Å². The standard InChI is InChI=1S/C17H20N2O2/c1-13(17(21)19-16-5-3-2-4-6-16)18-11-14-7-9-15(12-20)10-8-14/h2-10,13,18,20H,11-12H2,1H3,(H,19,21). The van der Waals surface area contributed by atoms with Crippen LogP contribution in [0.5, 0.6) is 0 Å². The minimum absolute atomic E-state index is 0.0452. The Morgan fingerprint density at radius 3 is 2.29 bits per heavy atom. The van der Waals surface area contributed by atoms with Crippen molar-refractivity contribution in [2.75, 3.05) is 5.32 Å². The SMILES string of the molecule is CC(NCc1ccc(CO)cc1)C(=O)Nc1ccccc1. The maximum atomic E-state index is 12.0. The molecule has 2 aromatic rings. The van der Waals surface area contributed by atoms with Crippen molar-refractivity contribution in [3.8, 4) is 0 Å². The Balaban J connectivity index is 1.83. The Kier molecular flexibility index (Phi) is 5.49. The van der Waals surface area contributed by atoms with E-state index in [0.717, 1.165) is 16.8 Å². The van der Waals surface area contributed by atoms with Gasteiger partial charge >= 0.3 is 0 Å². The third-order valence-corrected chi connectivity index (χ3v) is 3.25. The molecule has 0 saturated heterocycles. The molecule has 0 saturated carbocycles. The molecule has 21 heavy (non-hydrogen) atoms. The van der Waals surface area contributed by atoms with Gasteiger partial charge in [0, 0.05) is 12.2 Å². The van der Waals surface area contributed by atoms with Crippen LogP contribution in [-0.4, -0.2) is 17.1 Å². The van der Waals surface area contributed by atoms with Crippen LogP contribution in [0.3, 0.4) is 0 Å². The summed E-state index contributed by atoms with van der Waals surface area (Å²) in [6.45, 7) is 2.49. The van der Waals surface area contributed by atoms with Crippen LogP contribution in [0.25, 0.3) is 0 Å². The summed E-state index contributed by atoms with van der Waals surface area (Å²) in [6, 6.07) is 16.8. The fourth-order valence-corrected chi connectivity index (χ4v) is 1.90. The monoisotopic (exact) mass is 284 g/mol. The Morgan fingerprint density at radius 1 is 1.05 bits per heavy atom. The van der Waals surface area contributed by atoms with E-state index in [1.807, 2.05) is 61.5 Å². The first-order chi connectivity index (χ1) is 10.2. The third-order valence-electron chi connectivity index (χ3n) is 3.25. The number of para-hydroxylation sites is 1. The topological polar surface area (TPSA) is 61.4 Å². The number of aliphatic hydroxyl groups excluding tert-OH is 1. The second-order valence-electron chi connectivity index (χ2n) is 4.93. The molecule has 1 amide bonds. The summed E-state index contributed by atoms with van der Waals surface area (Å²) in [5.41, 5.74) is 2.75. The zero-order valence-electron chi connectivity index (χ0n) is 12.0. The lowest BCUT2D eigenvalue weighted by molar-refractivity contribution is -0.117. The smallest absolute Gasteiger partial charge is 0.241 e. The van der Waals surface area contributed by atoms with Crippen molar-refractivity contribution in [3.63, 3.8) is 0 Å². The van der Waals surface area contributed by atoms with Crippen LogP contribution in [0.1, 0.15) is 18.1 Å². The normalized spacial score (nSPS) is 11.9. The molecule has 0 radical (unpaired) electrons. The van der Waals surface area contributed by atoms with E-state index in [4.69, 9.17) is 5.11 Å². The number of carbonyl (C=O) groups is 1. The second-order valence-corrected chi connectivity index (χ2v) is 4.93. The van der Waals surface area contributed by atoms with Gasteiger partial charge in [-0.1, -0.05) is 42.5 Å². The van der Waals surface area contributed by atoms with Crippen molar-refractivity contribution in [3.05, 3.63) is 65.7 Å². The van der Waals surface area contributed by atoms with Gasteiger partial charge in [0.2, 0.25) is 5.91 Å². The Bertz CT molecular complexity index is 567. The summed E-state index contributed by atoms with van der Waals surface area (Å²) < 4.78 is 0. The number of rotatable bonds is 6. The van der Waals surface area contributed by atoms with Crippen LogP contribution < -0.4 is 10.6 Å². The highest BCUT2D eigenvalue weighted by atomic mass is 16.3. The number of benzene rings is 2. The first kappa shape index (κ1) is 15.2. The van der Waals surface area contributed by atoms with Crippen LogP contribution in [-0.2, 0) is 17.9 Å². The van der Waals surface area contributed by atoms with Crippen molar-refractivity contribution in [1.29, 1.82) is 0 Å². The van der Waals surface area contributed by atoms with Crippen molar-refractivity contribution in [2.24, 2.45) is 0 Å². The van der Waals surface area contributed by atoms with E-state index in [1.54, 1.807) is 0 Å². The predicted octanol–water partition coefficient (Wildman–Crippen LogP) is 2.30. The van der Waals surface area contributed by atoms with E-state index in [-0.39, 0.29) is 18.6 Å². The number of anilines is 1. The van der Waals surface area contributed by atoms with Crippen LogP contribution >= 0.6 is 0 Å². The molecule has 0 fully saturated rings. The molecule has 0 spiro atoms. The van der Waals surface area contributed by atoms with Gasteiger partial charge in [0.05, 0.1) is 12.6 Å². The number of carbonyl (C=O) groups excluding carboxylic acids is 1. The van der Waals surface area contributed by atoms with Gasteiger partial charge in [-0.25, -0.2) is 0 Å². The summed E-state index contributed by atoms with van der Waals surface area (Å²) in [6.07, 6.45) is 0. The first-order valence-corrected chi connectivity index (χ1v) is 6.97. The lowest BCUT2D eigenvalue weighted by Crippen LogP contribution is -2.37. The van der Waals surface area contributed by atoms with E-state index < -0.39 is 0 Å². The van der Waals surface area contributed by atoms with E-state index in [1.165, 1.54) is 0 Å². The molecule has 0 aliphatic carbocycles. The Hall–Kier alpha value is -2.17. The Labute approximate surface area is 124 Å². The van der Waals surface area contributed by atoms with Gasteiger partial charge in [-0.3, -0.25) is 4.79 Å². The number of amides is 1. The van der Waals surface area contributed by atoms with Crippen molar-refractivity contribution in [1.82, 2.24) is 5.32 Å². The van der Waals surface area contributed by atoms with Crippen molar-refractivity contribution >= 4 is 11.6 Å². The number of hydrogen-bond donors (Lipinski definition) is 3. The summed E-state index contributed by atoms with van der Waals surface area (Å²) in [7, 11) is 0. The molecule has 0 aliphatic rings. The largest absolute Gasteiger partial charge is 0.392 e. The maximum absolute atomic E-state index is 12.0. The minimum atomic E-state index is -0.289. The number of hydrogen-bond acceptors (Lipinski definition) is 3. The Morgan fingerprint density at radius 2 is 1.67 bits per heavy atom. The quantitative estimate of drug-likeness (QED) is 0.762. The zero-order chi connectivity index (χ0) is 15.1. The molecule has 1 atom stereocenters. The minimum Gasteiger partial charge on any atom is -0.392 e. The highest BCUT2D eigenvalue weighted by molar-refractivity contribution is 5.94.